The fourth-order valence-corrected chi connectivity index (χ4v) is 2.64. The van der Waals surface area contributed by atoms with Crippen molar-refractivity contribution in [3.05, 3.63) is 0 Å². The van der Waals surface area contributed by atoms with E-state index in [1.54, 1.807) is 0 Å². The highest BCUT2D eigenvalue weighted by Crippen LogP contribution is 2.48. The lowest BCUT2D eigenvalue weighted by atomic mass is 9.98. The third-order valence-corrected chi connectivity index (χ3v) is 3.33. The third-order valence-electron chi connectivity index (χ3n) is 3.33. The number of fused-ring (bicyclic) bond motifs is 2. The van der Waals surface area contributed by atoms with Crippen molar-refractivity contribution in [1.82, 2.24) is 0 Å². The van der Waals surface area contributed by atoms with Gasteiger partial charge in [-0.05, 0) is 37.0 Å². The molecule has 3 unspecified atom stereocenters. The van der Waals surface area contributed by atoms with Crippen molar-refractivity contribution in [3.63, 3.8) is 0 Å². The Hall–Kier alpha value is -0.0400. The number of rotatable bonds is 0. The van der Waals surface area contributed by atoms with E-state index in [9.17, 15) is 5.11 Å². The number of aliphatic hydroxyl groups excluding tert-OH is 1. The Morgan fingerprint density at radius 1 is 1.33 bits per heavy atom. The molecule has 2 fully saturated rings. The van der Waals surface area contributed by atoms with Gasteiger partial charge in [0.1, 0.15) is 0 Å². The summed E-state index contributed by atoms with van der Waals surface area (Å²) in [4.78, 5) is 0. The van der Waals surface area contributed by atoms with E-state index in [1.807, 2.05) is 0 Å². The highest BCUT2D eigenvalue weighted by molar-refractivity contribution is 4.94. The third kappa shape index (κ3) is 0.644. The zero-order valence-corrected chi connectivity index (χ0v) is 5.88. The Morgan fingerprint density at radius 2 is 2.11 bits per heavy atom. The molecule has 0 spiro atoms. The van der Waals surface area contributed by atoms with Crippen LogP contribution in [-0.2, 0) is 0 Å². The van der Waals surface area contributed by atoms with Gasteiger partial charge in [-0.25, -0.2) is 0 Å². The van der Waals surface area contributed by atoms with Crippen LogP contribution < -0.4 is 0 Å². The molecule has 0 aromatic rings. The van der Waals surface area contributed by atoms with Gasteiger partial charge in [-0.15, -0.1) is 0 Å². The summed E-state index contributed by atoms with van der Waals surface area (Å²) in [6.07, 6.45) is 3.81. The van der Waals surface area contributed by atoms with Gasteiger partial charge < -0.3 is 5.11 Å². The summed E-state index contributed by atoms with van der Waals surface area (Å²) in [6.45, 7) is 2.29. The SMILES string of the molecule is CC1C2CCC1[C@H](O)C2. The molecule has 1 heteroatoms. The molecular weight excluding hydrogens is 112 g/mol. The minimum absolute atomic E-state index is 0.0544. The van der Waals surface area contributed by atoms with E-state index < -0.39 is 0 Å². The van der Waals surface area contributed by atoms with E-state index in [4.69, 9.17) is 0 Å². The zero-order valence-electron chi connectivity index (χ0n) is 5.88. The largest absolute Gasteiger partial charge is 0.393 e. The summed E-state index contributed by atoms with van der Waals surface area (Å²) in [5.74, 6) is 2.35. The predicted octanol–water partition coefficient (Wildman–Crippen LogP) is 1.41. The molecule has 0 saturated heterocycles. The highest BCUT2D eigenvalue weighted by Gasteiger charge is 2.44. The fraction of sp³-hybridized carbons (Fsp3) is 1.00. The maximum absolute atomic E-state index is 9.39. The first-order chi connectivity index (χ1) is 4.29. The molecular formula is C8H14O. The molecule has 0 aliphatic heterocycles. The average molecular weight is 126 g/mol. The second-order valence-electron chi connectivity index (χ2n) is 3.66. The average Bonchev–Trinajstić information content (AvgIpc) is 2.25. The van der Waals surface area contributed by atoms with Crippen molar-refractivity contribution in [1.29, 1.82) is 0 Å². The normalized spacial score (nSPS) is 56.7. The summed E-state index contributed by atoms with van der Waals surface area (Å²) in [6, 6.07) is 0. The van der Waals surface area contributed by atoms with E-state index in [-0.39, 0.29) is 6.10 Å². The van der Waals surface area contributed by atoms with Crippen molar-refractivity contribution in [2.24, 2.45) is 17.8 Å². The Kier molecular flexibility index (Phi) is 1.10. The second kappa shape index (κ2) is 1.72. The standard InChI is InChI=1S/C8H14O/c1-5-6-2-3-7(5)8(9)4-6/h5-9H,2-4H2,1H3/t5?,6?,7?,8-/m1/s1. The van der Waals surface area contributed by atoms with Gasteiger partial charge in [0.15, 0.2) is 0 Å². The first-order valence-corrected chi connectivity index (χ1v) is 3.97. The van der Waals surface area contributed by atoms with Gasteiger partial charge in [0.05, 0.1) is 6.10 Å². The summed E-state index contributed by atoms with van der Waals surface area (Å²) >= 11 is 0. The van der Waals surface area contributed by atoms with Crippen LogP contribution in [0.2, 0.25) is 0 Å². The van der Waals surface area contributed by atoms with E-state index in [1.165, 1.54) is 12.8 Å². The number of hydrogen-bond donors (Lipinski definition) is 1. The van der Waals surface area contributed by atoms with Crippen molar-refractivity contribution >= 4 is 0 Å². The maximum Gasteiger partial charge on any atom is 0.0573 e. The van der Waals surface area contributed by atoms with Gasteiger partial charge in [0, 0.05) is 0 Å². The first kappa shape index (κ1) is 5.72. The molecule has 0 aromatic carbocycles. The lowest BCUT2D eigenvalue weighted by molar-refractivity contribution is 0.108. The van der Waals surface area contributed by atoms with E-state index in [0.717, 1.165) is 18.3 Å². The van der Waals surface area contributed by atoms with Crippen LogP contribution in [0.4, 0.5) is 0 Å². The van der Waals surface area contributed by atoms with Crippen molar-refractivity contribution in [2.75, 3.05) is 0 Å². The van der Waals surface area contributed by atoms with Crippen molar-refractivity contribution in [3.8, 4) is 0 Å². The van der Waals surface area contributed by atoms with Gasteiger partial charge in [-0.3, -0.25) is 0 Å². The molecule has 2 bridgehead atoms. The Bertz CT molecular complexity index is 122. The van der Waals surface area contributed by atoms with Gasteiger partial charge >= 0.3 is 0 Å². The van der Waals surface area contributed by atoms with Gasteiger partial charge in [-0.2, -0.15) is 0 Å². The maximum atomic E-state index is 9.39. The molecule has 2 aliphatic rings. The van der Waals surface area contributed by atoms with Gasteiger partial charge in [0.25, 0.3) is 0 Å². The highest BCUT2D eigenvalue weighted by atomic mass is 16.3. The summed E-state index contributed by atoms with van der Waals surface area (Å²) in [5, 5.41) is 9.39. The fourth-order valence-electron chi connectivity index (χ4n) is 2.64. The molecule has 9 heavy (non-hydrogen) atoms. The number of aliphatic hydroxyl groups is 1. The molecule has 52 valence electrons. The molecule has 0 aromatic heterocycles. The molecule has 4 atom stereocenters. The lowest BCUT2D eigenvalue weighted by Gasteiger charge is -2.14. The van der Waals surface area contributed by atoms with Gasteiger partial charge in [-0.1, -0.05) is 6.92 Å². The van der Waals surface area contributed by atoms with Crippen LogP contribution in [-0.4, -0.2) is 11.2 Å². The number of hydrogen-bond acceptors (Lipinski definition) is 1. The topological polar surface area (TPSA) is 20.2 Å². The minimum Gasteiger partial charge on any atom is -0.393 e. The molecule has 2 aliphatic carbocycles. The molecule has 2 saturated carbocycles. The van der Waals surface area contributed by atoms with Gasteiger partial charge in [0.2, 0.25) is 0 Å². The zero-order chi connectivity index (χ0) is 6.43. The summed E-state index contributed by atoms with van der Waals surface area (Å²) < 4.78 is 0. The van der Waals surface area contributed by atoms with Crippen LogP contribution in [0.15, 0.2) is 0 Å². The van der Waals surface area contributed by atoms with Crippen LogP contribution in [0.1, 0.15) is 26.2 Å². The monoisotopic (exact) mass is 126 g/mol. The van der Waals surface area contributed by atoms with Crippen LogP contribution in [0.3, 0.4) is 0 Å². The quantitative estimate of drug-likeness (QED) is 0.520. The molecule has 1 N–H and O–H groups in total. The molecule has 1 nitrogen and oxygen atoms in total. The molecule has 0 heterocycles. The van der Waals surface area contributed by atoms with E-state index in [0.29, 0.717) is 5.92 Å². The van der Waals surface area contributed by atoms with Crippen LogP contribution >= 0.6 is 0 Å². The van der Waals surface area contributed by atoms with Crippen molar-refractivity contribution in [2.45, 2.75) is 32.3 Å². The lowest BCUT2D eigenvalue weighted by Crippen LogP contribution is -2.16. The smallest absolute Gasteiger partial charge is 0.0573 e. The van der Waals surface area contributed by atoms with E-state index >= 15 is 0 Å². The summed E-state index contributed by atoms with van der Waals surface area (Å²) in [5.41, 5.74) is 0. The van der Waals surface area contributed by atoms with E-state index in [2.05, 4.69) is 6.92 Å². The van der Waals surface area contributed by atoms with Crippen LogP contribution in [0, 0.1) is 17.8 Å². The van der Waals surface area contributed by atoms with Crippen LogP contribution in [0.5, 0.6) is 0 Å². The Labute approximate surface area is 56.1 Å². The van der Waals surface area contributed by atoms with Crippen LogP contribution in [0.25, 0.3) is 0 Å². The molecule has 0 radical (unpaired) electrons. The second-order valence-corrected chi connectivity index (χ2v) is 3.66. The predicted molar refractivity (Wildman–Crippen MR) is 36.0 cm³/mol. The molecule has 0 amide bonds. The summed E-state index contributed by atoms with van der Waals surface area (Å²) in [7, 11) is 0. The van der Waals surface area contributed by atoms with Crippen molar-refractivity contribution < 1.29 is 5.11 Å². The Morgan fingerprint density at radius 3 is 2.33 bits per heavy atom. The molecule has 2 rings (SSSR count). The minimum atomic E-state index is 0.0544. The Balaban J connectivity index is 2.16. The first-order valence-electron chi connectivity index (χ1n) is 3.97.